The number of rotatable bonds is 5. The van der Waals surface area contributed by atoms with Crippen LogP contribution in [-0.2, 0) is 14.0 Å². The molecule has 1 aliphatic carbocycles. The van der Waals surface area contributed by atoms with Gasteiger partial charge >= 0.3 is 7.12 Å². The molecule has 1 aliphatic heterocycles. The molecule has 3 rings (SSSR count). The van der Waals surface area contributed by atoms with E-state index in [1.807, 2.05) is 25.1 Å². The lowest BCUT2D eigenvalue weighted by Crippen LogP contribution is -2.41. The van der Waals surface area contributed by atoms with E-state index in [1.165, 1.54) is 19.3 Å². The van der Waals surface area contributed by atoms with Crippen molar-refractivity contribution in [2.45, 2.75) is 90.3 Å². The largest absolute Gasteiger partial charge is 0.498 e. The monoisotopic (exact) mass is 424 g/mol. The minimum absolute atomic E-state index is 0.300. The Morgan fingerprint density at radius 2 is 1.69 bits per heavy atom. The zero-order valence-corrected chi connectivity index (χ0v) is 18.1. The van der Waals surface area contributed by atoms with Crippen LogP contribution in [0, 0.1) is 0 Å². The standard InChI is InChI=1S/C20H30BBrO4/c1-14(23-16-9-7-6-8-10-16)24-18-12-11-15(22)13-17(18)21-25-19(2,3)20(4,5)26-21/h11-14,16H,6-10H2,1-5H3. The Morgan fingerprint density at radius 1 is 1.08 bits per heavy atom. The van der Waals surface area contributed by atoms with E-state index in [4.69, 9.17) is 18.8 Å². The number of halogens is 1. The lowest BCUT2D eigenvalue weighted by atomic mass is 9.78. The van der Waals surface area contributed by atoms with Crippen LogP contribution in [-0.4, -0.2) is 30.7 Å². The summed E-state index contributed by atoms with van der Waals surface area (Å²) in [6.07, 6.45) is 6.04. The molecule has 1 saturated carbocycles. The van der Waals surface area contributed by atoms with E-state index in [1.54, 1.807) is 0 Å². The van der Waals surface area contributed by atoms with Crippen LogP contribution in [0.1, 0.15) is 66.7 Å². The van der Waals surface area contributed by atoms with E-state index in [0.29, 0.717) is 6.10 Å². The first-order valence-electron chi connectivity index (χ1n) is 9.65. The molecule has 0 aromatic heterocycles. The molecule has 1 atom stereocenters. The fraction of sp³-hybridized carbons (Fsp3) is 0.700. The van der Waals surface area contributed by atoms with Crippen molar-refractivity contribution < 1.29 is 18.8 Å². The maximum absolute atomic E-state index is 6.21. The van der Waals surface area contributed by atoms with E-state index < -0.39 is 7.12 Å². The van der Waals surface area contributed by atoms with Crippen molar-refractivity contribution in [3.63, 3.8) is 0 Å². The summed E-state index contributed by atoms with van der Waals surface area (Å²) in [5.74, 6) is 0.745. The molecule has 2 fully saturated rings. The van der Waals surface area contributed by atoms with Crippen molar-refractivity contribution in [3.8, 4) is 5.75 Å². The maximum Gasteiger partial charge on any atom is 0.498 e. The molecule has 2 aliphatic rings. The molecular weight excluding hydrogens is 395 g/mol. The Kier molecular flexibility index (Phi) is 6.07. The van der Waals surface area contributed by atoms with Gasteiger partial charge in [-0.1, -0.05) is 35.2 Å². The molecule has 1 aromatic carbocycles. The third-order valence-electron chi connectivity index (χ3n) is 5.71. The fourth-order valence-electron chi connectivity index (χ4n) is 3.46. The van der Waals surface area contributed by atoms with Crippen molar-refractivity contribution in [2.75, 3.05) is 0 Å². The summed E-state index contributed by atoms with van der Waals surface area (Å²) < 4.78 is 25.7. The van der Waals surface area contributed by atoms with E-state index >= 15 is 0 Å². The maximum atomic E-state index is 6.21. The van der Waals surface area contributed by atoms with E-state index in [-0.39, 0.29) is 17.5 Å². The van der Waals surface area contributed by atoms with Gasteiger partial charge in [0.2, 0.25) is 0 Å². The normalized spacial score (nSPS) is 23.8. The molecule has 1 aromatic rings. The van der Waals surface area contributed by atoms with E-state index in [0.717, 1.165) is 28.5 Å². The molecule has 1 unspecified atom stereocenters. The minimum Gasteiger partial charge on any atom is -0.466 e. The molecule has 6 heteroatoms. The highest BCUT2D eigenvalue weighted by Gasteiger charge is 2.52. The van der Waals surface area contributed by atoms with Gasteiger partial charge in [-0.2, -0.15) is 0 Å². The number of benzene rings is 1. The third-order valence-corrected chi connectivity index (χ3v) is 6.20. The van der Waals surface area contributed by atoms with Gasteiger partial charge in [-0.05, 0) is 65.7 Å². The van der Waals surface area contributed by atoms with Crippen molar-refractivity contribution >= 4 is 28.5 Å². The first-order chi connectivity index (χ1) is 12.2. The third kappa shape index (κ3) is 4.46. The fourth-order valence-corrected chi connectivity index (χ4v) is 3.84. The molecule has 4 nitrogen and oxygen atoms in total. The molecule has 26 heavy (non-hydrogen) atoms. The molecule has 0 N–H and O–H groups in total. The van der Waals surface area contributed by atoms with Gasteiger partial charge in [-0.25, -0.2) is 0 Å². The van der Waals surface area contributed by atoms with Gasteiger partial charge in [0.1, 0.15) is 5.75 Å². The van der Waals surface area contributed by atoms with Crippen LogP contribution in [0.3, 0.4) is 0 Å². The Balaban J connectivity index is 1.74. The quantitative estimate of drug-likeness (QED) is 0.501. The Hall–Kier alpha value is -0.555. The van der Waals surface area contributed by atoms with Crippen molar-refractivity contribution in [3.05, 3.63) is 22.7 Å². The summed E-state index contributed by atoms with van der Waals surface area (Å²) >= 11 is 3.55. The SMILES string of the molecule is CC(Oc1ccc(Br)cc1B1OC(C)(C)C(C)(C)O1)OC1CCCCC1. The topological polar surface area (TPSA) is 36.9 Å². The van der Waals surface area contributed by atoms with Crippen LogP contribution in [0.2, 0.25) is 0 Å². The van der Waals surface area contributed by atoms with Crippen molar-refractivity contribution in [1.29, 1.82) is 0 Å². The van der Waals surface area contributed by atoms with Gasteiger partial charge in [0.25, 0.3) is 0 Å². The van der Waals surface area contributed by atoms with Gasteiger partial charge < -0.3 is 18.8 Å². The van der Waals surface area contributed by atoms with Gasteiger partial charge in [-0.15, -0.1) is 0 Å². The summed E-state index contributed by atoms with van der Waals surface area (Å²) in [5.41, 5.74) is 0.111. The Labute approximate surface area is 166 Å². The van der Waals surface area contributed by atoms with Crippen LogP contribution in [0.25, 0.3) is 0 Å². The average molecular weight is 425 g/mol. The molecule has 144 valence electrons. The zero-order valence-electron chi connectivity index (χ0n) is 16.5. The lowest BCUT2D eigenvalue weighted by Gasteiger charge is -2.32. The Morgan fingerprint density at radius 3 is 2.31 bits per heavy atom. The molecular formula is C20H30BBrO4. The lowest BCUT2D eigenvalue weighted by molar-refractivity contribution is -0.116. The Bertz CT molecular complexity index is 612. The number of hydrogen-bond acceptors (Lipinski definition) is 4. The van der Waals surface area contributed by atoms with Gasteiger partial charge in [0.05, 0.1) is 17.3 Å². The highest BCUT2D eigenvalue weighted by molar-refractivity contribution is 9.10. The molecule has 0 radical (unpaired) electrons. The van der Waals surface area contributed by atoms with Crippen LogP contribution in [0.5, 0.6) is 5.75 Å². The van der Waals surface area contributed by atoms with Crippen LogP contribution in [0.15, 0.2) is 22.7 Å². The molecule has 1 saturated heterocycles. The van der Waals surface area contributed by atoms with Crippen molar-refractivity contribution in [2.24, 2.45) is 0 Å². The second-order valence-corrected chi connectivity index (χ2v) is 9.27. The number of ether oxygens (including phenoxy) is 2. The van der Waals surface area contributed by atoms with Gasteiger partial charge in [-0.3, -0.25) is 0 Å². The first kappa shape index (κ1) is 20.2. The smallest absolute Gasteiger partial charge is 0.466 e. The second-order valence-electron chi connectivity index (χ2n) is 8.35. The average Bonchev–Trinajstić information content (AvgIpc) is 2.78. The summed E-state index contributed by atoms with van der Waals surface area (Å²) in [7, 11) is -0.464. The minimum atomic E-state index is -0.464. The molecule has 1 heterocycles. The predicted molar refractivity (Wildman–Crippen MR) is 108 cm³/mol. The summed E-state index contributed by atoms with van der Waals surface area (Å²) in [6.45, 7) is 10.2. The van der Waals surface area contributed by atoms with E-state index in [2.05, 4.69) is 43.6 Å². The van der Waals surface area contributed by atoms with E-state index in [9.17, 15) is 0 Å². The summed E-state index contributed by atoms with van der Waals surface area (Å²) in [5, 5.41) is 0. The highest BCUT2D eigenvalue weighted by Crippen LogP contribution is 2.37. The highest BCUT2D eigenvalue weighted by atomic mass is 79.9. The van der Waals surface area contributed by atoms with Gasteiger partial charge in [0.15, 0.2) is 6.29 Å². The van der Waals surface area contributed by atoms with Gasteiger partial charge in [0, 0.05) is 9.94 Å². The first-order valence-corrected chi connectivity index (χ1v) is 10.4. The summed E-state index contributed by atoms with van der Waals surface area (Å²) in [6, 6.07) is 5.92. The van der Waals surface area contributed by atoms with Crippen LogP contribution in [0.4, 0.5) is 0 Å². The molecule has 0 bridgehead atoms. The summed E-state index contributed by atoms with van der Waals surface area (Å²) in [4.78, 5) is 0. The molecule has 0 amide bonds. The molecule has 0 spiro atoms. The van der Waals surface area contributed by atoms with Crippen LogP contribution < -0.4 is 10.2 Å². The van der Waals surface area contributed by atoms with Crippen molar-refractivity contribution in [1.82, 2.24) is 0 Å². The predicted octanol–water partition coefficient (Wildman–Crippen LogP) is 4.82. The second kappa shape index (κ2) is 7.82. The van der Waals surface area contributed by atoms with Crippen LogP contribution >= 0.6 is 15.9 Å². The zero-order chi connectivity index (χ0) is 18.9. The number of hydrogen-bond donors (Lipinski definition) is 0.